The fourth-order valence-corrected chi connectivity index (χ4v) is 3.71. The second kappa shape index (κ2) is 5.71. The molecule has 1 nitrogen and oxygen atoms in total. The van der Waals surface area contributed by atoms with Gasteiger partial charge in [-0.1, -0.05) is 44.5 Å². The van der Waals surface area contributed by atoms with Crippen LogP contribution >= 0.6 is 11.3 Å². The van der Waals surface area contributed by atoms with Gasteiger partial charge in [0.2, 0.25) is 0 Å². The van der Waals surface area contributed by atoms with E-state index in [-0.39, 0.29) is 11.5 Å². The molecule has 0 saturated heterocycles. The molecule has 0 aliphatic heterocycles. The molecular formula is C18H25NS. The Bertz CT molecular complexity index is 590. The summed E-state index contributed by atoms with van der Waals surface area (Å²) in [5.41, 5.74) is 4.28. The van der Waals surface area contributed by atoms with E-state index in [0.717, 1.165) is 0 Å². The molecule has 1 atom stereocenters. The van der Waals surface area contributed by atoms with Gasteiger partial charge >= 0.3 is 0 Å². The van der Waals surface area contributed by atoms with Crippen LogP contribution in [0, 0.1) is 13.8 Å². The Balaban J connectivity index is 2.40. The highest BCUT2D eigenvalue weighted by Gasteiger charge is 2.21. The van der Waals surface area contributed by atoms with Crippen LogP contribution in [0.3, 0.4) is 0 Å². The minimum atomic E-state index is 0.226. The van der Waals surface area contributed by atoms with E-state index in [1.54, 1.807) is 0 Å². The molecule has 0 saturated carbocycles. The zero-order chi connectivity index (χ0) is 14.9. The molecule has 1 heterocycles. The van der Waals surface area contributed by atoms with Crippen LogP contribution in [0.2, 0.25) is 0 Å². The lowest BCUT2D eigenvalue weighted by Gasteiger charge is -2.19. The number of aryl methyl sites for hydroxylation is 2. The van der Waals surface area contributed by atoms with E-state index >= 15 is 0 Å². The number of hydrogen-bond donors (Lipinski definition) is 1. The van der Waals surface area contributed by atoms with Crippen molar-refractivity contribution >= 4 is 11.3 Å². The summed E-state index contributed by atoms with van der Waals surface area (Å²) in [5.74, 6) is 0. The van der Waals surface area contributed by atoms with E-state index in [0.29, 0.717) is 0 Å². The van der Waals surface area contributed by atoms with E-state index in [1.807, 2.05) is 18.4 Å². The molecule has 1 unspecified atom stereocenters. The third-order valence-corrected chi connectivity index (χ3v) is 5.25. The maximum Gasteiger partial charge on any atom is 0.0671 e. The molecule has 1 aromatic heterocycles. The van der Waals surface area contributed by atoms with Crippen LogP contribution in [-0.2, 0) is 5.41 Å². The van der Waals surface area contributed by atoms with Crippen molar-refractivity contribution in [1.82, 2.24) is 5.32 Å². The molecule has 0 spiro atoms. The number of rotatable bonds is 3. The zero-order valence-electron chi connectivity index (χ0n) is 13.4. The molecule has 2 aromatic rings. The van der Waals surface area contributed by atoms with Gasteiger partial charge < -0.3 is 5.32 Å². The van der Waals surface area contributed by atoms with Gasteiger partial charge in [-0.25, -0.2) is 0 Å². The second-order valence-electron chi connectivity index (χ2n) is 6.53. The third-order valence-electron chi connectivity index (χ3n) is 3.68. The topological polar surface area (TPSA) is 12.0 Å². The summed E-state index contributed by atoms with van der Waals surface area (Å²) >= 11 is 1.92. The molecular weight excluding hydrogens is 262 g/mol. The molecule has 0 aliphatic carbocycles. The standard InChI is InChI=1S/C18H25NS/c1-12-7-8-14(13(2)11-12)17(19-6)15-9-10-16(20-15)18(3,4)5/h7-11,17,19H,1-6H3. The van der Waals surface area contributed by atoms with Crippen molar-refractivity contribution in [3.8, 4) is 0 Å². The van der Waals surface area contributed by atoms with Gasteiger partial charge in [0.1, 0.15) is 0 Å². The summed E-state index contributed by atoms with van der Waals surface area (Å²) in [6.07, 6.45) is 0. The van der Waals surface area contributed by atoms with Gasteiger partial charge in [-0.3, -0.25) is 0 Å². The minimum Gasteiger partial charge on any atom is -0.309 e. The van der Waals surface area contributed by atoms with Crippen LogP contribution in [-0.4, -0.2) is 7.05 Å². The Morgan fingerprint density at radius 1 is 1.05 bits per heavy atom. The highest BCUT2D eigenvalue weighted by Crippen LogP contribution is 2.35. The summed E-state index contributed by atoms with van der Waals surface area (Å²) in [6, 6.07) is 11.5. The van der Waals surface area contributed by atoms with E-state index < -0.39 is 0 Å². The van der Waals surface area contributed by atoms with Crippen molar-refractivity contribution in [3.05, 3.63) is 56.8 Å². The second-order valence-corrected chi connectivity index (χ2v) is 7.65. The predicted molar refractivity (Wildman–Crippen MR) is 89.8 cm³/mol. The largest absolute Gasteiger partial charge is 0.309 e. The zero-order valence-corrected chi connectivity index (χ0v) is 14.2. The van der Waals surface area contributed by atoms with Crippen molar-refractivity contribution < 1.29 is 0 Å². The van der Waals surface area contributed by atoms with Crippen LogP contribution in [0.15, 0.2) is 30.3 Å². The van der Waals surface area contributed by atoms with Gasteiger partial charge in [0.15, 0.2) is 0 Å². The van der Waals surface area contributed by atoms with E-state index in [9.17, 15) is 0 Å². The fourth-order valence-electron chi connectivity index (χ4n) is 2.51. The lowest BCUT2D eigenvalue weighted by Crippen LogP contribution is -2.17. The predicted octanol–water partition coefficient (Wildman–Crippen LogP) is 4.97. The van der Waals surface area contributed by atoms with E-state index in [1.165, 1.54) is 26.4 Å². The molecule has 2 rings (SSSR count). The maximum atomic E-state index is 3.47. The lowest BCUT2D eigenvalue weighted by atomic mass is 9.94. The average Bonchev–Trinajstić information content (AvgIpc) is 2.82. The highest BCUT2D eigenvalue weighted by atomic mass is 32.1. The Morgan fingerprint density at radius 3 is 2.25 bits per heavy atom. The molecule has 2 heteroatoms. The molecule has 20 heavy (non-hydrogen) atoms. The van der Waals surface area contributed by atoms with Crippen molar-refractivity contribution in [3.63, 3.8) is 0 Å². The van der Waals surface area contributed by atoms with Crippen LogP contribution in [0.1, 0.15) is 53.3 Å². The first kappa shape index (κ1) is 15.3. The normalized spacial score (nSPS) is 13.5. The van der Waals surface area contributed by atoms with Gasteiger partial charge in [-0.05, 0) is 49.6 Å². The van der Waals surface area contributed by atoms with Crippen LogP contribution in [0.5, 0.6) is 0 Å². The molecule has 0 bridgehead atoms. The minimum absolute atomic E-state index is 0.226. The lowest BCUT2D eigenvalue weighted by molar-refractivity contribution is 0.604. The third kappa shape index (κ3) is 3.13. The Hall–Kier alpha value is -1.12. The Kier molecular flexibility index (Phi) is 4.36. The van der Waals surface area contributed by atoms with Gasteiger partial charge in [0, 0.05) is 9.75 Å². The number of hydrogen-bond acceptors (Lipinski definition) is 2. The number of nitrogens with one attached hydrogen (secondary N) is 1. The van der Waals surface area contributed by atoms with E-state index in [2.05, 4.69) is 70.3 Å². The van der Waals surface area contributed by atoms with Crippen LogP contribution < -0.4 is 5.32 Å². The summed E-state index contributed by atoms with van der Waals surface area (Å²) in [4.78, 5) is 2.84. The summed E-state index contributed by atoms with van der Waals surface area (Å²) in [5, 5.41) is 3.47. The van der Waals surface area contributed by atoms with Crippen molar-refractivity contribution in [2.24, 2.45) is 0 Å². The molecule has 0 amide bonds. The quantitative estimate of drug-likeness (QED) is 0.840. The van der Waals surface area contributed by atoms with Gasteiger partial charge in [0.05, 0.1) is 6.04 Å². The molecule has 108 valence electrons. The maximum absolute atomic E-state index is 3.47. The number of thiophene rings is 1. The first-order valence-electron chi connectivity index (χ1n) is 7.17. The fraction of sp³-hybridized carbons (Fsp3) is 0.444. The molecule has 0 fully saturated rings. The summed E-state index contributed by atoms with van der Waals surface area (Å²) < 4.78 is 0. The Morgan fingerprint density at radius 2 is 1.75 bits per heavy atom. The first-order chi connectivity index (χ1) is 9.32. The van der Waals surface area contributed by atoms with Crippen LogP contribution in [0.4, 0.5) is 0 Å². The smallest absolute Gasteiger partial charge is 0.0671 e. The molecule has 0 radical (unpaired) electrons. The molecule has 0 aliphatic rings. The van der Waals surface area contributed by atoms with Gasteiger partial charge in [-0.15, -0.1) is 11.3 Å². The summed E-state index contributed by atoms with van der Waals surface area (Å²) in [7, 11) is 2.04. The van der Waals surface area contributed by atoms with Crippen LogP contribution in [0.25, 0.3) is 0 Å². The molecule has 1 aromatic carbocycles. The van der Waals surface area contributed by atoms with E-state index in [4.69, 9.17) is 0 Å². The monoisotopic (exact) mass is 287 g/mol. The summed E-state index contributed by atoms with van der Waals surface area (Å²) in [6.45, 7) is 11.2. The van der Waals surface area contributed by atoms with Crippen molar-refractivity contribution in [2.45, 2.75) is 46.1 Å². The van der Waals surface area contributed by atoms with Crippen molar-refractivity contribution in [2.75, 3.05) is 7.05 Å². The average molecular weight is 287 g/mol. The van der Waals surface area contributed by atoms with Gasteiger partial charge in [-0.2, -0.15) is 0 Å². The van der Waals surface area contributed by atoms with Crippen molar-refractivity contribution in [1.29, 1.82) is 0 Å². The first-order valence-corrected chi connectivity index (χ1v) is 7.99. The molecule has 1 N–H and O–H groups in total. The number of benzene rings is 1. The Labute approximate surface area is 127 Å². The highest BCUT2D eigenvalue weighted by molar-refractivity contribution is 7.12. The SMILES string of the molecule is CNC(c1ccc(C(C)(C)C)s1)c1ccc(C)cc1C. The van der Waals surface area contributed by atoms with Gasteiger partial charge in [0.25, 0.3) is 0 Å².